The van der Waals surface area contributed by atoms with Crippen molar-refractivity contribution >= 4 is 40.8 Å². The average Bonchev–Trinajstić information content (AvgIpc) is 2.58. The summed E-state index contributed by atoms with van der Waals surface area (Å²) in [4.78, 5) is 35.2. The second kappa shape index (κ2) is 7.61. The Morgan fingerprint density at radius 3 is 2.21 bits per heavy atom. The number of rotatable bonds is 3. The Balaban J connectivity index is 2.02. The maximum atomic E-state index is 12.0. The van der Waals surface area contributed by atoms with Gasteiger partial charge in [0, 0.05) is 16.4 Å². The fourth-order valence-electron chi connectivity index (χ4n) is 1.90. The second-order valence-electron chi connectivity index (χ2n) is 4.94. The molecular formula is C17H15ClN2O4. The first-order valence-corrected chi connectivity index (χ1v) is 7.35. The van der Waals surface area contributed by atoms with Crippen molar-refractivity contribution in [2.45, 2.75) is 6.92 Å². The van der Waals surface area contributed by atoms with Crippen molar-refractivity contribution in [3.8, 4) is 0 Å². The molecule has 0 aliphatic rings. The summed E-state index contributed by atoms with van der Waals surface area (Å²) in [5.41, 5.74) is 1.96. The van der Waals surface area contributed by atoms with E-state index >= 15 is 0 Å². The highest BCUT2D eigenvalue weighted by Gasteiger charge is 2.15. The molecule has 0 bridgehead atoms. The van der Waals surface area contributed by atoms with Gasteiger partial charge < -0.3 is 15.4 Å². The molecule has 2 aromatic rings. The van der Waals surface area contributed by atoms with Gasteiger partial charge in [-0.3, -0.25) is 9.59 Å². The van der Waals surface area contributed by atoms with Gasteiger partial charge >= 0.3 is 17.8 Å². The number of hydrogen-bond acceptors (Lipinski definition) is 4. The number of benzene rings is 2. The van der Waals surface area contributed by atoms with E-state index in [-0.39, 0.29) is 0 Å². The first-order valence-electron chi connectivity index (χ1n) is 6.97. The Labute approximate surface area is 143 Å². The van der Waals surface area contributed by atoms with E-state index in [0.29, 0.717) is 22.0 Å². The molecule has 0 saturated carbocycles. The van der Waals surface area contributed by atoms with Gasteiger partial charge in [-0.05, 0) is 48.9 Å². The molecule has 2 aromatic carbocycles. The predicted molar refractivity (Wildman–Crippen MR) is 91.2 cm³/mol. The number of anilines is 2. The minimum Gasteiger partial charge on any atom is -0.465 e. The molecular weight excluding hydrogens is 332 g/mol. The van der Waals surface area contributed by atoms with E-state index in [1.165, 1.54) is 31.4 Å². The Kier molecular flexibility index (Phi) is 5.55. The molecule has 0 aliphatic heterocycles. The summed E-state index contributed by atoms with van der Waals surface area (Å²) in [5.74, 6) is -2.14. The number of esters is 1. The van der Waals surface area contributed by atoms with Crippen molar-refractivity contribution in [1.82, 2.24) is 0 Å². The molecule has 0 radical (unpaired) electrons. The quantitative estimate of drug-likeness (QED) is 0.661. The summed E-state index contributed by atoms with van der Waals surface area (Å²) in [5, 5.41) is 5.40. The van der Waals surface area contributed by atoms with Gasteiger partial charge in [-0.15, -0.1) is 0 Å². The van der Waals surface area contributed by atoms with Gasteiger partial charge in [0.2, 0.25) is 0 Å². The number of amides is 2. The Bertz CT molecular complexity index is 788. The average molecular weight is 347 g/mol. The largest absolute Gasteiger partial charge is 0.465 e. The van der Waals surface area contributed by atoms with Gasteiger partial charge in [0.25, 0.3) is 0 Å². The molecule has 6 nitrogen and oxygen atoms in total. The van der Waals surface area contributed by atoms with Crippen LogP contribution in [0.25, 0.3) is 0 Å². The Hall–Kier alpha value is -2.86. The van der Waals surface area contributed by atoms with Crippen molar-refractivity contribution in [3.63, 3.8) is 0 Å². The van der Waals surface area contributed by atoms with Crippen LogP contribution < -0.4 is 10.6 Å². The van der Waals surface area contributed by atoms with Crippen LogP contribution in [0.5, 0.6) is 0 Å². The van der Waals surface area contributed by atoms with Gasteiger partial charge in [-0.25, -0.2) is 4.79 Å². The normalized spacial score (nSPS) is 9.96. The Morgan fingerprint density at radius 1 is 0.958 bits per heavy atom. The fourth-order valence-corrected chi connectivity index (χ4v) is 2.08. The molecule has 0 saturated heterocycles. The molecule has 0 aliphatic carbocycles. The first kappa shape index (κ1) is 17.5. The third-order valence-corrected chi connectivity index (χ3v) is 3.45. The van der Waals surface area contributed by atoms with Gasteiger partial charge in [0.15, 0.2) is 0 Å². The smallest absolute Gasteiger partial charge is 0.337 e. The van der Waals surface area contributed by atoms with Gasteiger partial charge in [0.1, 0.15) is 0 Å². The van der Waals surface area contributed by atoms with Gasteiger partial charge in [-0.2, -0.15) is 0 Å². The topological polar surface area (TPSA) is 84.5 Å². The van der Waals surface area contributed by atoms with Crippen LogP contribution in [0.3, 0.4) is 0 Å². The third kappa shape index (κ3) is 4.33. The number of aryl methyl sites for hydroxylation is 1. The third-order valence-electron chi connectivity index (χ3n) is 3.22. The lowest BCUT2D eigenvalue weighted by Crippen LogP contribution is -2.29. The number of methoxy groups -OCH3 is 1. The highest BCUT2D eigenvalue weighted by Crippen LogP contribution is 2.20. The van der Waals surface area contributed by atoms with Crippen LogP contribution in [-0.2, 0) is 14.3 Å². The highest BCUT2D eigenvalue weighted by atomic mass is 35.5. The minimum atomic E-state index is -0.833. The summed E-state index contributed by atoms with van der Waals surface area (Å²) in [6, 6.07) is 11.0. The molecule has 0 atom stereocenters. The van der Waals surface area contributed by atoms with Crippen molar-refractivity contribution in [1.29, 1.82) is 0 Å². The van der Waals surface area contributed by atoms with Gasteiger partial charge in [-0.1, -0.05) is 17.7 Å². The van der Waals surface area contributed by atoms with E-state index in [4.69, 9.17) is 11.6 Å². The highest BCUT2D eigenvalue weighted by molar-refractivity contribution is 6.43. The summed E-state index contributed by atoms with van der Waals surface area (Å²) >= 11 is 5.87. The standard InChI is InChI=1S/C17H15ClN2O4/c1-10-3-6-12(18)9-14(10)20-16(22)15(21)19-13-7-4-11(5-8-13)17(23)24-2/h3-9H,1-2H3,(H,19,21)(H,20,22). The number of nitrogens with one attached hydrogen (secondary N) is 2. The van der Waals surface area contributed by atoms with Crippen LogP contribution in [-0.4, -0.2) is 24.9 Å². The molecule has 0 heterocycles. The summed E-state index contributed by atoms with van der Waals surface area (Å²) < 4.78 is 4.58. The van der Waals surface area contributed by atoms with Crippen LogP contribution in [0, 0.1) is 6.92 Å². The molecule has 2 N–H and O–H groups in total. The predicted octanol–water partition coefficient (Wildman–Crippen LogP) is 3.01. The molecule has 2 rings (SSSR count). The van der Waals surface area contributed by atoms with E-state index in [2.05, 4.69) is 15.4 Å². The molecule has 0 aromatic heterocycles. The van der Waals surface area contributed by atoms with Crippen LogP contribution in [0.4, 0.5) is 11.4 Å². The zero-order chi connectivity index (χ0) is 17.7. The molecule has 7 heteroatoms. The molecule has 0 spiro atoms. The van der Waals surface area contributed by atoms with Crippen molar-refractivity contribution in [3.05, 3.63) is 58.6 Å². The summed E-state index contributed by atoms with van der Waals surface area (Å²) in [6.45, 7) is 1.79. The van der Waals surface area contributed by atoms with Crippen LogP contribution in [0.2, 0.25) is 5.02 Å². The number of ether oxygens (including phenoxy) is 1. The van der Waals surface area contributed by atoms with Crippen molar-refractivity contribution in [2.75, 3.05) is 17.7 Å². The lowest BCUT2D eigenvalue weighted by molar-refractivity contribution is -0.133. The molecule has 0 fully saturated rings. The van der Waals surface area contributed by atoms with Crippen molar-refractivity contribution in [2.24, 2.45) is 0 Å². The number of halogens is 1. The maximum Gasteiger partial charge on any atom is 0.337 e. The lowest BCUT2D eigenvalue weighted by Gasteiger charge is -2.09. The maximum absolute atomic E-state index is 12.0. The number of hydrogen-bond donors (Lipinski definition) is 2. The van der Waals surface area contributed by atoms with E-state index in [0.717, 1.165) is 5.56 Å². The monoisotopic (exact) mass is 346 g/mol. The Morgan fingerprint density at radius 2 is 1.58 bits per heavy atom. The fraction of sp³-hybridized carbons (Fsp3) is 0.118. The zero-order valence-electron chi connectivity index (χ0n) is 13.1. The SMILES string of the molecule is COC(=O)c1ccc(NC(=O)C(=O)Nc2cc(Cl)ccc2C)cc1. The van der Waals surface area contributed by atoms with Crippen LogP contribution in [0.15, 0.2) is 42.5 Å². The molecule has 2 amide bonds. The molecule has 24 heavy (non-hydrogen) atoms. The van der Waals surface area contributed by atoms with E-state index in [9.17, 15) is 14.4 Å². The summed E-state index contributed by atoms with van der Waals surface area (Å²) in [6.07, 6.45) is 0. The van der Waals surface area contributed by atoms with Crippen LogP contribution >= 0.6 is 11.6 Å². The van der Waals surface area contributed by atoms with E-state index in [1.54, 1.807) is 25.1 Å². The number of carbonyl (C=O) groups excluding carboxylic acids is 3. The minimum absolute atomic E-state index is 0.342. The zero-order valence-corrected chi connectivity index (χ0v) is 13.8. The molecule has 0 unspecified atom stereocenters. The van der Waals surface area contributed by atoms with E-state index in [1.807, 2.05) is 0 Å². The van der Waals surface area contributed by atoms with Gasteiger partial charge in [0.05, 0.1) is 12.7 Å². The van der Waals surface area contributed by atoms with E-state index < -0.39 is 17.8 Å². The van der Waals surface area contributed by atoms with Crippen molar-refractivity contribution < 1.29 is 19.1 Å². The molecule has 124 valence electrons. The first-order chi connectivity index (χ1) is 11.4. The lowest BCUT2D eigenvalue weighted by atomic mass is 10.2. The number of carbonyl (C=O) groups is 3. The van der Waals surface area contributed by atoms with Crippen LogP contribution in [0.1, 0.15) is 15.9 Å². The second-order valence-corrected chi connectivity index (χ2v) is 5.37. The summed E-state index contributed by atoms with van der Waals surface area (Å²) in [7, 11) is 1.28.